The molecule has 43 heavy (non-hydrogen) atoms. The molecule has 0 unspecified atom stereocenters. The summed E-state index contributed by atoms with van der Waals surface area (Å²) in [7, 11) is 0. The van der Waals surface area contributed by atoms with Gasteiger partial charge in [-0.2, -0.15) is 0 Å². The number of guanidine groups is 1. The van der Waals surface area contributed by atoms with E-state index >= 15 is 0 Å². The normalized spacial score (nSPS) is 12.7. The number of carbonyl (C=O) groups is 3. The first-order valence-electron chi connectivity index (χ1n) is 13.7. The molecule has 0 spiro atoms. The molecule has 3 amide bonds. The molecule has 226 valence electrons. The van der Waals surface area contributed by atoms with Crippen molar-refractivity contribution in [3.8, 4) is 0 Å². The number of nitrogens with one attached hydrogen (secondary N) is 3. The number of nitrogens with two attached hydrogens (primary N) is 5. The Hall–Kier alpha value is -5.46. The first-order valence-corrected chi connectivity index (χ1v) is 13.7. The average molecular weight is 587 g/mol. The molecular formula is C30H38N10O3. The van der Waals surface area contributed by atoms with Crippen LogP contribution in [0.5, 0.6) is 0 Å². The quantitative estimate of drug-likeness (QED) is 0.0520. The van der Waals surface area contributed by atoms with E-state index in [1.54, 1.807) is 73.1 Å². The highest BCUT2D eigenvalue weighted by molar-refractivity contribution is 5.95. The number of hydrogen-bond acceptors (Lipinski definition) is 7. The van der Waals surface area contributed by atoms with E-state index < -0.39 is 35.7 Å². The van der Waals surface area contributed by atoms with E-state index in [0.717, 1.165) is 11.1 Å². The van der Waals surface area contributed by atoms with Crippen molar-refractivity contribution in [2.45, 2.75) is 43.7 Å². The topological polar surface area (TPSA) is 254 Å². The van der Waals surface area contributed by atoms with Crippen molar-refractivity contribution >= 4 is 35.2 Å². The van der Waals surface area contributed by atoms with Crippen molar-refractivity contribution in [1.82, 2.24) is 15.6 Å². The first-order chi connectivity index (χ1) is 20.5. The minimum Gasteiger partial charge on any atom is -0.399 e. The van der Waals surface area contributed by atoms with E-state index in [0.29, 0.717) is 29.7 Å². The lowest BCUT2D eigenvalue weighted by atomic mass is 9.91. The fourth-order valence-electron chi connectivity index (χ4n) is 4.43. The number of primary amides is 1. The van der Waals surface area contributed by atoms with Crippen LogP contribution >= 0.6 is 0 Å². The van der Waals surface area contributed by atoms with Crippen LogP contribution in [0, 0.1) is 5.41 Å². The Labute approximate surface area is 249 Å². The summed E-state index contributed by atoms with van der Waals surface area (Å²) in [5.41, 5.74) is 31.0. The number of benzene rings is 2. The summed E-state index contributed by atoms with van der Waals surface area (Å²) in [6.45, 7) is 0.258. The zero-order chi connectivity index (χ0) is 31.4. The summed E-state index contributed by atoms with van der Waals surface area (Å²) in [6.07, 6.45) is 4.23. The molecule has 0 saturated carbocycles. The average Bonchev–Trinajstić information content (AvgIpc) is 2.98. The lowest BCUT2D eigenvalue weighted by Gasteiger charge is -2.25. The molecule has 0 aliphatic carbocycles. The van der Waals surface area contributed by atoms with Crippen LogP contribution in [0.3, 0.4) is 0 Å². The summed E-state index contributed by atoms with van der Waals surface area (Å²) in [4.78, 5) is 47.6. The van der Waals surface area contributed by atoms with Gasteiger partial charge in [0.05, 0.1) is 5.92 Å². The van der Waals surface area contributed by atoms with Gasteiger partial charge in [-0.15, -0.1) is 0 Å². The van der Waals surface area contributed by atoms with E-state index in [-0.39, 0.29) is 31.2 Å². The monoisotopic (exact) mass is 586 g/mol. The smallest absolute Gasteiger partial charge is 0.243 e. The van der Waals surface area contributed by atoms with Crippen LogP contribution in [0.2, 0.25) is 0 Å². The van der Waals surface area contributed by atoms with Gasteiger partial charge in [0.25, 0.3) is 0 Å². The molecule has 3 atom stereocenters. The van der Waals surface area contributed by atoms with E-state index in [1.165, 1.54) is 0 Å². The third-order valence-electron chi connectivity index (χ3n) is 6.77. The highest BCUT2D eigenvalue weighted by Gasteiger charge is 2.29. The van der Waals surface area contributed by atoms with Crippen molar-refractivity contribution in [2.24, 2.45) is 27.9 Å². The number of carbonyl (C=O) groups excluding carboxylic acids is 3. The summed E-state index contributed by atoms with van der Waals surface area (Å²) >= 11 is 0. The van der Waals surface area contributed by atoms with Gasteiger partial charge in [-0.05, 0) is 54.2 Å². The molecule has 0 fully saturated rings. The molecule has 0 radical (unpaired) electrons. The summed E-state index contributed by atoms with van der Waals surface area (Å²) < 4.78 is 0. The number of rotatable bonds is 15. The predicted molar refractivity (Wildman–Crippen MR) is 166 cm³/mol. The lowest BCUT2D eigenvalue weighted by molar-refractivity contribution is -0.131. The molecular weight excluding hydrogens is 548 g/mol. The maximum absolute atomic E-state index is 13.9. The number of aliphatic imine (C=N–C) groups is 1. The van der Waals surface area contributed by atoms with Crippen molar-refractivity contribution in [1.29, 1.82) is 5.41 Å². The molecule has 13 heteroatoms. The second-order valence-corrected chi connectivity index (χ2v) is 10.1. The van der Waals surface area contributed by atoms with Gasteiger partial charge in [0.15, 0.2) is 5.96 Å². The summed E-state index contributed by atoms with van der Waals surface area (Å²) in [6, 6.07) is 15.4. The van der Waals surface area contributed by atoms with Gasteiger partial charge in [0, 0.05) is 36.6 Å². The molecule has 2 aromatic carbocycles. The summed E-state index contributed by atoms with van der Waals surface area (Å²) in [5, 5.41) is 13.2. The van der Waals surface area contributed by atoms with Crippen LogP contribution in [0.4, 0.5) is 5.69 Å². The molecule has 13 nitrogen and oxygen atoms in total. The Balaban J connectivity index is 1.85. The highest BCUT2D eigenvalue weighted by atomic mass is 16.2. The Kier molecular flexibility index (Phi) is 11.6. The number of amidine groups is 1. The van der Waals surface area contributed by atoms with Crippen molar-refractivity contribution < 1.29 is 14.4 Å². The zero-order valence-electron chi connectivity index (χ0n) is 23.7. The largest absolute Gasteiger partial charge is 0.399 e. The maximum Gasteiger partial charge on any atom is 0.243 e. The number of nitrogens with zero attached hydrogens (tertiary/aromatic N) is 2. The van der Waals surface area contributed by atoms with E-state index in [9.17, 15) is 14.4 Å². The van der Waals surface area contributed by atoms with Gasteiger partial charge >= 0.3 is 0 Å². The minimum atomic E-state index is -1.05. The third-order valence-corrected chi connectivity index (χ3v) is 6.77. The zero-order valence-corrected chi connectivity index (χ0v) is 23.7. The number of aromatic nitrogens is 1. The second kappa shape index (κ2) is 15.5. The van der Waals surface area contributed by atoms with Gasteiger partial charge in [-0.25, -0.2) is 0 Å². The molecule has 3 rings (SSSR count). The number of nitrogen functional groups attached to an aromatic ring is 2. The van der Waals surface area contributed by atoms with Crippen molar-refractivity contribution in [2.75, 3.05) is 12.3 Å². The molecule has 13 N–H and O–H groups in total. The molecule has 1 aromatic heterocycles. The van der Waals surface area contributed by atoms with Gasteiger partial charge in [-0.3, -0.25) is 29.8 Å². The molecule has 1 heterocycles. The Morgan fingerprint density at radius 3 is 2.05 bits per heavy atom. The number of hydrogen-bond donors (Lipinski definition) is 8. The predicted octanol–water partition coefficient (Wildman–Crippen LogP) is 0.0254. The van der Waals surface area contributed by atoms with Gasteiger partial charge in [-0.1, -0.05) is 42.5 Å². The maximum atomic E-state index is 13.9. The fraction of sp³-hybridized carbons (Fsp3) is 0.267. The highest BCUT2D eigenvalue weighted by Crippen LogP contribution is 2.22. The van der Waals surface area contributed by atoms with Crippen LogP contribution in [0.15, 0.2) is 78.0 Å². The van der Waals surface area contributed by atoms with Gasteiger partial charge in [0.1, 0.15) is 17.9 Å². The molecule has 0 bridgehead atoms. The molecule has 0 aliphatic heterocycles. The fourth-order valence-corrected chi connectivity index (χ4v) is 4.43. The molecule has 0 aliphatic rings. The number of anilines is 1. The standard InChI is InChI=1S/C30H38N10O3/c31-22-11-7-19(8-12-22)16-25(29(43)39-24(27(34)41)4-2-14-38-30(35)36)40-28(42)23(21-3-1-13-37-17-21)15-18-5-9-20(10-6-18)26(32)33/h1,3,5-13,17,23-25H,2,4,14-16,31H2,(H3,32,33)(H2,34,41)(H,39,43)(H,40,42)(H4,35,36,38)/t23-,24+,25+/m1/s1. The van der Waals surface area contributed by atoms with E-state index in [1.807, 2.05) is 0 Å². The van der Waals surface area contributed by atoms with E-state index in [4.69, 9.17) is 34.1 Å². The van der Waals surface area contributed by atoms with Crippen LogP contribution in [0.1, 0.15) is 41.0 Å². The van der Waals surface area contributed by atoms with Crippen LogP contribution in [-0.4, -0.2) is 53.1 Å². The summed E-state index contributed by atoms with van der Waals surface area (Å²) in [5.74, 6) is -2.56. The Morgan fingerprint density at radius 1 is 0.837 bits per heavy atom. The Bertz CT molecular complexity index is 1420. The minimum absolute atomic E-state index is 0.0601. The third kappa shape index (κ3) is 10.1. The van der Waals surface area contributed by atoms with Crippen LogP contribution < -0.4 is 39.3 Å². The van der Waals surface area contributed by atoms with Crippen LogP contribution in [0.25, 0.3) is 0 Å². The molecule has 3 aromatic rings. The van der Waals surface area contributed by atoms with Crippen molar-refractivity contribution in [3.63, 3.8) is 0 Å². The molecule has 0 saturated heterocycles. The first kappa shape index (κ1) is 32.1. The van der Waals surface area contributed by atoms with Crippen LogP contribution in [-0.2, 0) is 27.2 Å². The SMILES string of the molecule is N=C(N)c1ccc(C[C@@H](C(=O)N[C@@H](Cc2ccc(N)cc2)C(=O)N[C@@H](CCCN=C(N)N)C(N)=O)c2cccnc2)cc1. The Morgan fingerprint density at radius 2 is 1.47 bits per heavy atom. The number of pyridine rings is 1. The number of amides is 3. The van der Waals surface area contributed by atoms with Crippen molar-refractivity contribution in [3.05, 3.63) is 95.3 Å². The van der Waals surface area contributed by atoms with Gasteiger partial charge < -0.3 is 39.3 Å². The second-order valence-electron chi connectivity index (χ2n) is 10.1. The van der Waals surface area contributed by atoms with Gasteiger partial charge in [0.2, 0.25) is 17.7 Å². The lowest BCUT2D eigenvalue weighted by Crippen LogP contribution is -2.54. The van der Waals surface area contributed by atoms with E-state index in [2.05, 4.69) is 20.6 Å².